The van der Waals surface area contributed by atoms with Crippen molar-refractivity contribution in [2.75, 3.05) is 5.32 Å². The minimum atomic E-state index is 0.208. The first kappa shape index (κ1) is 11.7. The van der Waals surface area contributed by atoms with Crippen LogP contribution in [-0.4, -0.2) is 4.98 Å². The lowest BCUT2D eigenvalue weighted by Gasteiger charge is -2.26. The third-order valence-corrected chi connectivity index (χ3v) is 3.57. The second kappa shape index (κ2) is 5.11. The fourth-order valence-corrected chi connectivity index (χ4v) is 2.64. The zero-order valence-corrected chi connectivity index (χ0v) is 10.6. The maximum Gasteiger partial charge on any atom is 0.101 e. The molecule has 1 N–H and O–H groups in total. The first-order chi connectivity index (χ1) is 9.38. The van der Waals surface area contributed by atoms with Crippen molar-refractivity contribution in [1.82, 2.24) is 4.98 Å². The van der Waals surface area contributed by atoms with Crippen LogP contribution in [0.15, 0.2) is 42.6 Å². The number of nitriles is 1. The second-order valence-electron chi connectivity index (χ2n) is 4.79. The standard InChI is InChI=1S/C16H15N3/c17-11-13-5-1-2-8-14(13)19-15-9-3-6-12-7-4-10-18-16(12)15/h1-2,4-5,7-8,10,15,19H,3,6,9H2. The van der Waals surface area contributed by atoms with Crippen LogP contribution in [0, 0.1) is 11.3 Å². The van der Waals surface area contributed by atoms with Crippen LogP contribution >= 0.6 is 0 Å². The van der Waals surface area contributed by atoms with Gasteiger partial charge in [0.1, 0.15) is 6.07 Å². The van der Waals surface area contributed by atoms with E-state index in [9.17, 15) is 0 Å². The van der Waals surface area contributed by atoms with Crippen molar-refractivity contribution in [3.63, 3.8) is 0 Å². The molecular formula is C16H15N3. The lowest BCUT2D eigenvalue weighted by atomic mass is 9.91. The number of fused-ring (bicyclic) bond motifs is 1. The van der Waals surface area contributed by atoms with Crippen molar-refractivity contribution in [2.45, 2.75) is 25.3 Å². The number of aromatic nitrogens is 1. The van der Waals surface area contributed by atoms with Gasteiger partial charge in [-0.15, -0.1) is 0 Å². The van der Waals surface area contributed by atoms with Gasteiger partial charge in [-0.05, 0) is 43.0 Å². The Balaban J connectivity index is 1.91. The van der Waals surface area contributed by atoms with Gasteiger partial charge in [-0.3, -0.25) is 4.98 Å². The zero-order valence-electron chi connectivity index (χ0n) is 10.6. The molecule has 1 heterocycles. The van der Waals surface area contributed by atoms with E-state index in [4.69, 9.17) is 5.26 Å². The minimum absolute atomic E-state index is 0.208. The zero-order chi connectivity index (χ0) is 13.1. The molecule has 1 aromatic heterocycles. The number of hydrogen-bond donors (Lipinski definition) is 1. The average molecular weight is 249 g/mol. The van der Waals surface area contributed by atoms with Gasteiger partial charge in [0, 0.05) is 6.20 Å². The van der Waals surface area contributed by atoms with Gasteiger partial charge in [-0.1, -0.05) is 18.2 Å². The predicted molar refractivity (Wildman–Crippen MR) is 74.7 cm³/mol. The second-order valence-corrected chi connectivity index (χ2v) is 4.79. The van der Waals surface area contributed by atoms with Crippen molar-refractivity contribution in [3.8, 4) is 6.07 Å². The summed E-state index contributed by atoms with van der Waals surface area (Å²) in [6.45, 7) is 0. The summed E-state index contributed by atoms with van der Waals surface area (Å²) in [7, 11) is 0. The monoisotopic (exact) mass is 249 g/mol. The Morgan fingerprint density at radius 1 is 1.21 bits per heavy atom. The first-order valence-electron chi connectivity index (χ1n) is 6.58. The van der Waals surface area contributed by atoms with Crippen LogP contribution in [-0.2, 0) is 6.42 Å². The van der Waals surface area contributed by atoms with Crippen molar-refractivity contribution < 1.29 is 0 Å². The summed E-state index contributed by atoms with van der Waals surface area (Å²) < 4.78 is 0. The number of benzene rings is 1. The van der Waals surface area contributed by atoms with E-state index in [1.165, 1.54) is 5.56 Å². The van der Waals surface area contributed by atoms with E-state index in [0.29, 0.717) is 5.56 Å². The fraction of sp³-hybridized carbons (Fsp3) is 0.250. The van der Waals surface area contributed by atoms with Crippen LogP contribution < -0.4 is 5.32 Å². The molecule has 3 heteroatoms. The Kier molecular flexibility index (Phi) is 3.16. The van der Waals surface area contributed by atoms with E-state index in [-0.39, 0.29) is 6.04 Å². The predicted octanol–water partition coefficient (Wildman–Crippen LogP) is 3.44. The van der Waals surface area contributed by atoms with E-state index < -0.39 is 0 Å². The summed E-state index contributed by atoms with van der Waals surface area (Å²) in [5, 5.41) is 12.6. The van der Waals surface area contributed by atoms with E-state index in [2.05, 4.69) is 22.4 Å². The first-order valence-corrected chi connectivity index (χ1v) is 6.58. The molecule has 0 saturated heterocycles. The van der Waals surface area contributed by atoms with Crippen LogP contribution in [0.25, 0.3) is 0 Å². The molecule has 3 rings (SSSR count). The summed E-state index contributed by atoms with van der Waals surface area (Å²) >= 11 is 0. The van der Waals surface area contributed by atoms with Gasteiger partial charge in [0.05, 0.1) is 23.0 Å². The third kappa shape index (κ3) is 2.30. The van der Waals surface area contributed by atoms with E-state index in [1.807, 2.05) is 36.5 Å². The van der Waals surface area contributed by atoms with Gasteiger partial charge in [0.2, 0.25) is 0 Å². The van der Waals surface area contributed by atoms with Crippen LogP contribution in [0.4, 0.5) is 5.69 Å². The fourth-order valence-electron chi connectivity index (χ4n) is 2.64. The number of nitrogens with one attached hydrogen (secondary N) is 1. The van der Waals surface area contributed by atoms with Gasteiger partial charge in [0.25, 0.3) is 0 Å². The summed E-state index contributed by atoms with van der Waals surface area (Å²) in [6, 6.07) is 14.2. The summed E-state index contributed by atoms with van der Waals surface area (Å²) in [5.74, 6) is 0. The van der Waals surface area contributed by atoms with Crippen LogP contribution in [0.3, 0.4) is 0 Å². The van der Waals surface area contributed by atoms with Crippen LogP contribution in [0.1, 0.15) is 35.7 Å². The maximum atomic E-state index is 9.14. The molecule has 0 bridgehead atoms. The molecule has 1 aliphatic carbocycles. The molecule has 19 heavy (non-hydrogen) atoms. The van der Waals surface area contributed by atoms with Crippen molar-refractivity contribution >= 4 is 5.69 Å². The highest BCUT2D eigenvalue weighted by Crippen LogP contribution is 2.31. The highest BCUT2D eigenvalue weighted by Gasteiger charge is 2.21. The molecule has 0 radical (unpaired) electrons. The number of nitrogens with zero attached hydrogens (tertiary/aromatic N) is 2. The molecule has 3 nitrogen and oxygen atoms in total. The molecule has 0 fully saturated rings. The normalized spacial score (nSPS) is 17.3. The van der Waals surface area contributed by atoms with Gasteiger partial charge in [-0.2, -0.15) is 5.26 Å². The molecule has 0 saturated carbocycles. The lowest BCUT2D eigenvalue weighted by molar-refractivity contribution is 0.583. The van der Waals surface area contributed by atoms with E-state index in [0.717, 1.165) is 30.6 Å². The van der Waals surface area contributed by atoms with Crippen molar-refractivity contribution in [2.24, 2.45) is 0 Å². The van der Waals surface area contributed by atoms with Gasteiger partial charge < -0.3 is 5.32 Å². The molecule has 1 unspecified atom stereocenters. The molecule has 94 valence electrons. The van der Waals surface area contributed by atoms with E-state index >= 15 is 0 Å². The largest absolute Gasteiger partial charge is 0.376 e. The van der Waals surface area contributed by atoms with Crippen molar-refractivity contribution in [3.05, 3.63) is 59.4 Å². The highest BCUT2D eigenvalue weighted by atomic mass is 15.0. The Hall–Kier alpha value is -2.34. The number of para-hydroxylation sites is 1. The molecule has 1 aromatic carbocycles. The Morgan fingerprint density at radius 3 is 3.00 bits per heavy atom. The summed E-state index contributed by atoms with van der Waals surface area (Å²) in [6.07, 6.45) is 5.16. The quantitative estimate of drug-likeness (QED) is 0.886. The third-order valence-electron chi connectivity index (χ3n) is 3.57. The highest BCUT2D eigenvalue weighted by molar-refractivity contribution is 5.58. The summed E-state index contributed by atoms with van der Waals surface area (Å²) in [5.41, 5.74) is 4.03. The molecule has 2 aromatic rings. The molecule has 1 aliphatic rings. The molecular weight excluding hydrogens is 234 g/mol. The number of anilines is 1. The van der Waals surface area contributed by atoms with Crippen LogP contribution in [0.2, 0.25) is 0 Å². The van der Waals surface area contributed by atoms with Crippen LogP contribution in [0.5, 0.6) is 0 Å². The van der Waals surface area contributed by atoms with Crippen molar-refractivity contribution in [1.29, 1.82) is 5.26 Å². The molecule has 0 spiro atoms. The lowest BCUT2D eigenvalue weighted by Crippen LogP contribution is -2.19. The number of rotatable bonds is 2. The number of hydrogen-bond acceptors (Lipinski definition) is 3. The summed E-state index contributed by atoms with van der Waals surface area (Å²) in [4.78, 5) is 4.51. The van der Waals surface area contributed by atoms with Gasteiger partial charge in [-0.25, -0.2) is 0 Å². The number of pyridine rings is 1. The topological polar surface area (TPSA) is 48.7 Å². The molecule has 0 aliphatic heterocycles. The maximum absolute atomic E-state index is 9.14. The average Bonchev–Trinajstić information content (AvgIpc) is 2.48. The Bertz CT molecular complexity index is 628. The molecule has 0 amide bonds. The Morgan fingerprint density at radius 2 is 2.11 bits per heavy atom. The minimum Gasteiger partial charge on any atom is -0.376 e. The Labute approximate surface area is 112 Å². The SMILES string of the molecule is N#Cc1ccccc1NC1CCCc2cccnc21. The molecule has 1 atom stereocenters. The van der Waals surface area contributed by atoms with Gasteiger partial charge in [0.15, 0.2) is 0 Å². The van der Waals surface area contributed by atoms with E-state index in [1.54, 1.807) is 0 Å². The smallest absolute Gasteiger partial charge is 0.101 e. The van der Waals surface area contributed by atoms with Gasteiger partial charge >= 0.3 is 0 Å². The number of aryl methyl sites for hydroxylation is 1.